The fourth-order valence-electron chi connectivity index (χ4n) is 7.26. The molecule has 0 bridgehead atoms. The minimum Gasteiger partial charge on any atom is -0.454 e. The van der Waals surface area contributed by atoms with Crippen LogP contribution in [-0.4, -0.2) is 60.8 Å². The van der Waals surface area contributed by atoms with E-state index < -0.39 is 17.5 Å². The van der Waals surface area contributed by atoms with Crippen LogP contribution in [0.2, 0.25) is 0 Å². The molecule has 2 unspecified atom stereocenters. The highest BCUT2D eigenvalue weighted by atomic mass is 19.1. The third-order valence-corrected chi connectivity index (χ3v) is 10.0. The number of ketones is 1. The first-order chi connectivity index (χ1) is 23.2. The van der Waals surface area contributed by atoms with E-state index in [1.807, 2.05) is 60.4 Å². The van der Waals surface area contributed by atoms with E-state index in [9.17, 15) is 9.59 Å². The Morgan fingerprint density at radius 1 is 1.02 bits per heavy atom. The van der Waals surface area contributed by atoms with Crippen molar-refractivity contribution in [2.75, 3.05) is 38.1 Å². The number of hydrogen-bond donors (Lipinski definition) is 1. The summed E-state index contributed by atoms with van der Waals surface area (Å²) in [5, 5.41) is 5.01. The van der Waals surface area contributed by atoms with Crippen molar-refractivity contribution >= 4 is 28.2 Å². The SMILES string of the molecule is C/C=C(/C(=O)NCCC1CCCN1C)C(=O)c1cc(F)c(N2CCCC(c3ccccn3)C2)c(Oc2cc3ccccc3cc2C)c1C. The van der Waals surface area contributed by atoms with Gasteiger partial charge in [0.25, 0.3) is 5.91 Å². The van der Waals surface area contributed by atoms with Gasteiger partial charge >= 0.3 is 0 Å². The lowest BCUT2D eigenvalue weighted by atomic mass is 9.92. The van der Waals surface area contributed by atoms with Gasteiger partial charge < -0.3 is 19.9 Å². The van der Waals surface area contributed by atoms with Crippen molar-refractivity contribution in [3.8, 4) is 11.5 Å². The van der Waals surface area contributed by atoms with E-state index >= 15 is 4.39 Å². The van der Waals surface area contributed by atoms with Crippen molar-refractivity contribution in [3.63, 3.8) is 0 Å². The van der Waals surface area contributed by atoms with Gasteiger partial charge in [-0.25, -0.2) is 4.39 Å². The van der Waals surface area contributed by atoms with Crippen molar-refractivity contribution in [2.45, 2.75) is 64.8 Å². The van der Waals surface area contributed by atoms with Gasteiger partial charge in [-0.2, -0.15) is 0 Å². The molecule has 0 aliphatic carbocycles. The second-order valence-electron chi connectivity index (χ2n) is 13.2. The van der Waals surface area contributed by atoms with Gasteiger partial charge in [-0.3, -0.25) is 14.6 Å². The highest BCUT2D eigenvalue weighted by Crippen LogP contribution is 2.43. The summed E-state index contributed by atoms with van der Waals surface area (Å²) in [4.78, 5) is 36.3. The Bertz CT molecular complexity index is 1840. The van der Waals surface area contributed by atoms with E-state index in [0.717, 1.165) is 60.7 Å². The Morgan fingerprint density at radius 3 is 2.48 bits per heavy atom. The van der Waals surface area contributed by atoms with Crippen LogP contribution in [0.3, 0.4) is 0 Å². The van der Waals surface area contributed by atoms with E-state index in [2.05, 4.69) is 28.3 Å². The van der Waals surface area contributed by atoms with Crippen LogP contribution in [0.5, 0.6) is 11.5 Å². The lowest BCUT2D eigenvalue weighted by Gasteiger charge is -2.36. The molecular formula is C40H45FN4O3. The van der Waals surface area contributed by atoms with Crippen LogP contribution in [0.25, 0.3) is 10.8 Å². The number of fused-ring (bicyclic) bond motifs is 1. The number of pyridine rings is 1. The summed E-state index contributed by atoms with van der Waals surface area (Å²) in [6.07, 6.45) is 8.17. The Hall–Kier alpha value is -4.56. The summed E-state index contributed by atoms with van der Waals surface area (Å²) in [6, 6.07) is 19.6. The zero-order valence-electron chi connectivity index (χ0n) is 28.4. The first-order valence-corrected chi connectivity index (χ1v) is 17.1. The van der Waals surface area contributed by atoms with Gasteiger partial charge in [0.05, 0.1) is 5.57 Å². The molecule has 0 spiro atoms. The number of rotatable bonds is 10. The molecule has 2 aliphatic heterocycles. The number of ether oxygens (including phenoxy) is 1. The molecule has 8 heteroatoms. The number of carbonyl (C=O) groups is 2. The fraction of sp³-hybridized carbons (Fsp3) is 0.375. The maximum absolute atomic E-state index is 16.6. The zero-order chi connectivity index (χ0) is 33.8. The predicted molar refractivity (Wildman–Crippen MR) is 190 cm³/mol. The number of halogens is 1. The van der Waals surface area contributed by atoms with Crippen molar-refractivity contribution in [1.29, 1.82) is 0 Å². The molecule has 1 aromatic heterocycles. The van der Waals surface area contributed by atoms with Crippen LogP contribution in [0.15, 0.2) is 78.5 Å². The Balaban J connectivity index is 1.35. The monoisotopic (exact) mass is 648 g/mol. The number of allylic oxidation sites excluding steroid dienone is 1. The molecule has 48 heavy (non-hydrogen) atoms. The molecule has 2 atom stereocenters. The smallest absolute Gasteiger partial charge is 0.254 e. The normalized spacial score (nSPS) is 18.7. The Morgan fingerprint density at radius 2 is 1.77 bits per heavy atom. The van der Waals surface area contributed by atoms with E-state index in [1.165, 1.54) is 12.1 Å². The average Bonchev–Trinajstić information content (AvgIpc) is 3.51. The number of nitrogens with zero attached hydrogens (tertiary/aromatic N) is 3. The third-order valence-electron chi connectivity index (χ3n) is 10.0. The lowest BCUT2D eigenvalue weighted by Crippen LogP contribution is -2.36. The van der Waals surface area contributed by atoms with E-state index in [-0.39, 0.29) is 17.1 Å². The molecule has 3 heterocycles. The standard InChI is InChI=1S/C40H45FN4O3/c1-5-32(40(47)43-19-17-31-15-11-20-44(31)4)38(46)33-24-34(41)37(45-21-10-14-30(25-45)35-16-8-9-18-42-35)39(27(33)3)48-36-23-29-13-7-6-12-28(29)22-26(36)2/h5-9,12-13,16,18,22-24,30-31H,10-11,14-15,17,19-21,25H2,1-4H3,(H,43,47)/b32-5+. The van der Waals surface area contributed by atoms with Crippen LogP contribution in [0.1, 0.15) is 72.1 Å². The number of Topliss-reactive ketones (excluding diaryl/α,β-unsaturated/α-hetero) is 1. The van der Waals surface area contributed by atoms with Crippen molar-refractivity contribution in [1.82, 2.24) is 15.2 Å². The highest BCUT2D eigenvalue weighted by Gasteiger charge is 2.32. The number of benzene rings is 3. The van der Waals surface area contributed by atoms with Crippen molar-refractivity contribution in [3.05, 3.63) is 107 Å². The van der Waals surface area contributed by atoms with Gasteiger partial charge in [0.1, 0.15) is 11.4 Å². The molecule has 6 rings (SSSR count). The van der Waals surface area contributed by atoms with Crippen molar-refractivity contribution in [2.24, 2.45) is 0 Å². The molecule has 7 nitrogen and oxygen atoms in total. The number of carbonyl (C=O) groups excluding carboxylic acids is 2. The third kappa shape index (κ3) is 6.99. The number of likely N-dealkylation sites (tertiary alicyclic amines) is 1. The van der Waals surface area contributed by atoms with Crippen LogP contribution < -0.4 is 15.0 Å². The number of aromatic nitrogens is 1. The molecule has 0 saturated carbocycles. The molecular weight excluding hydrogens is 603 g/mol. The molecule has 1 amide bonds. The molecule has 2 saturated heterocycles. The van der Waals surface area contributed by atoms with Gasteiger partial charge in [-0.15, -0.1) is 0 Å². The number of anilines is 1. The average molecular weight is 649 g/mol. The fourth-order valence-corrected chi connectivity index (χ4v) is 7.26. The van der Waals surface area contributed by atoms with E-state index in [0.29, 0.717) is 48.4 Å². The summed E-state index contributed by atoms with van der Waals surface area (Å²) >= 11 is 0. The number of nitrogens with one attached hydrogen (secondary N) is 1. The predicted octanol–water partition coefficient (Wildman–Crippen LogP) is 7.90. The molecule has 0 radical (unpaired) electrons. The molecule has 4 aromatic rings. The number of piperidine rings is 1. The molecule has 2 aliphatic rings. The Kier molecular flexibility index (Phi) is 10.2. The first kappa shape index (κ1) is 33.3. The van der Waals surface area contributed by atoms with Crippen LogP contribution in [-0.2, 0) is 4.79 Å². The Labute approximate surface area is 282 Å². The van der Waals surface area contributed by atoms with Gasteiger partial charge in [-0.05, 0) is 113 Å². The van der Waals surface area contributed by atoms with Crippen LogP contribution in [0.4, 0.5) is 10.1 Å². The summed E-state index contributed by atoms with van der Waals surface area (Å²) in [6.45, 7) is 8.13. The largest absolute Gasteiger partial charge is 0.454 e. The van der Waals surface area contributed by atoms with Crippen molar-refractivity contribution < 1.29 is 18.7 Å². The highest BCUT2D eigenvalue weighted by molar-refractivity contribution is 6.26. The van der Waals surface area contributed by atoms with Gasteiger partial charge in [-0.1, -0.05) is 36.4 Å². The second-order valence-corrected chi connectivity index (χ2v) is 13.2. The zero-order valence-corrected chi connectivity index (χ0v) is 28.4. The van der Waals surface area contributed by atoms with Crippen LogP contribution in [0, 0.1) is 19.7 Å². The summed E-state index contributed by atoms with van der Waals surface area (Å²) in [5.74, 6) is -0.535. The minimum atomic E-state index is -0.556. The maximum Gasteiger partial charge on any atom is 0.254 e. The lowest BCUT2D eigenvalue weighted by molar-refractivity contribution is -0.117. The van der Waals surface area contributed by atoms with Crippen LogP contribution >= 0.6 is 0 Å². The summed E-state index contributed by atoms with van der Waals surface area (Å²) < 4.78 is 23.3. The quantitative estimate of drug-likeness (QED) is 0.0816. The first-order valence-electron chi connectivity index (χ1n) is 17.1. The molecule has 250 valence electrons. The second kappa shape index (κ2) is 14.7. The maximum atomic E-state index is 16.6. The minimum absolute atomic E-state index is 0.00829. The van der Waals surface area contributed by atoms with Gasteiger partial charge in [0, 0.05) is 54.6 Å². The van der Waals surface area contributed by atoms with Gasteiger partial charge in [0.15, 0.2) is 17.3 Å². The number of hydrogen-bond acceptors (Lipinski definition) is 6. The summed E-state index contributed by atoms with van der Waals surface area (Å²) in [5.41, 5.74) is 2.78. The number of amides is 1. The summed E-state index contributed by atoms with van der Waals surface area (Å²) in [7, 11) is 2.10. The van der Waals surface area contributed by atoms with Gasteiger partial charge in [0.2, 0.25) is 0 Å². The molecule has 2 fully saturated rings. The molecule has 3 aromatic carbocycles. The topological polar surface area (TPSA) is 74.8 Å². The van der Waals surface area contributed by atoms with E-state index in [4.69, 9.17) is 4.74 Å². The van der Waals surface area contributed by atoms with E-state index in [1.54, 1.807) is 20.0 Å². The molecule has 1 N–H and O–H groups in total. The number of aryl methyl sites for hydroxylation is 1.